The van der Waals surface area contributed by atoms with E-state index in [0.717, 1.165) is 11.1 Å². The summed E-state index contributed by atoms with van der Waals surface area (Å²) < 4.78 is 0. The Labute approximate surface area is 112 Å². The molecular weight excluding hydrogens is 244 g/mol. The highest BCUT2D eigenvalue weighted by Crippen LogP contribution is 2.20. The number of benzene rings is 2. The number of Topliss-reactive ketones (excluding diaryl/α,β-unsaturated/α-hetero) is 1. The summed E-state index contributed by atoms with van der Waals surface area (Å²) in [5, 5.41) is 0.691. The van der Waals surface area contributed by atoms with Gasteiger partial charge >= 0.3 is 0 Å². The zero-order valence-electron chi connectivity index (χ0n) is 10.1. The number of allylic oxidation sites excluding steroid dienone is 1. The minimum Gasteiger partial charge on any atom is -0.294 e. The van der Waals surface area contributed by atoms with Crippen LogP contribution in [0.5, 0.6) is 0 Å². The number of halogens is 1. The number of carbonyl (C=O) groups excluding carboxylic acids is 1. The zero-order chi connectivity index (χ0) is 13.0. The topological polar surface area (TPSA) is 17.1 Å². The van der Waals surface area contributed by atoms with Crippen molar-refractivity contribution < 1.29 is 4.79 Å². The number of ketones is 1. The normalized spacial score (nSPS) is 11.3. The third-order valence-electron chi connectivity index (χ3n) is 2.65. The maximum atomic E-state index is 11.7. The molecule has 0 radical (unpaired) electrons. The Balaban J connectivity index is 2.43. The van der Waals surface area contributed by atoms with Gasteiger partial charge in [-0.05, 0) is 36.3 Å². The molecule has 2 heteroatoms. The van der Waals surface area contributed by atoms with Gasteiger partial charge in [0.1, 0.15) is 0 Å². The second kappa shape index (κ2) is 5.65. The fraction of sp³-hybridized carbons (Fsp3) is 0.0625. The lowest BCUT2D eigenvalue weighted by atomic mass is 10.00. The molecule has 0 aromatic heterocycles. The van der Waals surface area contributed by atoms with E-state index in [2.05, 4.69) is 0 Å². The summed E-state index contributed by atoms with van der Waals surface area (Å²) in [7, 11) is 0. The van der Waals surface area contributed by atoms with Crippen molar-refractivity contribution in [2.75, 3.05) is 0 Å². The molecule has 0 atom stereocenters. The van der Waals surface area contributed by atoms with Crippen molar-refractivity contribution in [3.05, 3.63) is 70.7 Å². The Bertz CT molecular complexity index is 568. The van der Waals surface area contributed by atoms with Crippen molar-refractivity contribution in [3.8, 4) is 0 Å². The second-order valence-electron chi connectivity index (χ2n) is 4.03. The molecule has 2 aromatic carbocycles. The smallest absolute Gasteiger partial charge is 0.160 e. The van der Waals surface area contributed by atoms with Gasteiger partial charge in [-0.3, -0.25) is 4.79 Å². The number of hydrogen-bond donors (Lipinski definition) is 0. The minimum absolute atomic E-state index is 0.0520. The number of carbonyl (C=O) groups is 1. The molecule has 0 bridgehead atoms. The molecule has 0 aliphatic carbocycles. The molecule has 2 aromatic rings. The Kier molecular flexibility index (Phi) is 3.96. The van der Waals surface area contributed by atoms with Crippen LogP contribution in [0, 0.1) is 0 Å². The molecule has 0 N–H and O–H groups in total. The molecule has 0 amide bonds. The van der Waals surface area contributed by atoms with Crippen LogP contribution in [0.3, 0.4) is 0 Å². The van der Waals surface area contributed by atoms with E-state index in [4.69, 9.17) is 11.6 Å². The standard InChI is InChI=1S/C16H13ClO/c1-12(18)16(14-5-3-2-4-6-14)11-13-7-9-15(17)10-8-13/h2-11H,1H3/b16-11-. The van der Waals surface area contributed by atoms with E-state index in [0.29, 0.717) is 10.6 Å². The van der Waals surface area contributed by atoms with E-state index in [9.17, 15) is 4.79 Å². The number of rotatable bonds is 3. The first-order valence-electron chi connectivity index (χ1n) is 5.70. The van der Waals surface area contributed by atoms with Crippen molar-refractivity contribution in [2.24, 2.45) is 0 Å². The first-order valence-corrected chi connectivity index (χ1v) is 6.08. The van der Waals surface area contributed by atoms with Crippen LogP contribution < -0.4 is 0 Å². The van der Waals surface area contributed by atoms with Gasteiger partial charge in [0.2, 0.25) is 0 Å². The molecule has 0 spiro atoms. The van der Waals surface area contributed by atoms with Gasteiger partial charge in [-0.2, -0.15) is 0 Å². The van der Waals surface area contributed by atoms with Gasteiger partial charge in [0.15, 0.2) is 5.78 Å². The maximum absolute atomic E-state index is 11.7. The van der Waals surface area contributed by atoms with Crippen LogP contribution >= 0.6 is 11.6 Å². The van der Waals surface area contributed by atoms with E-state index < -0.39 is 0 Å². The molecule has 0 saturated heterocycles. The van der Waals surface area contributed by atoms with Gasteiger partial charge in [-0.1, -0.05) is 54.1 Å². The van der Waals surface area contributed by atoms with Gasteiger partial charge < -0.3 is 0 Å². The summed E-state index contributed by atoms with van der Waals surface area (Å²) in [6, 6.07) is 17.1. The highest BCUT2D eigenvalue weighted by molar-refractivity contribution is 6.30. The largest absolute Gasteiger partial charge is 0.294 e. The number of hydrogen-bond acceptors (Lipinski definition) is 1. The van der Waals surface area contributed by atoms with Gasteiger partial charge in [-0.15, -0.1) is 0 Å². The molecular formula is C16H13ClO. The van der Waals surface area contributed by atoms with Crippen LogP contribution in [0.15, 0.2) is 54.6 Å². The van der Waals surface area contributed by atoms with E-state index in [1.807, 2.05) is 60.7 Å². The van der Waals surface area contributed by atoms with Crippen molar-refractivity contribution in [1.29, 1.82) is 0 Å². The van der Waals surface area contributed by atoms with E-state index in [1.54, 1.807) is 6.92 Å². The van der Waals surface area contributed by atoms with E-state index in [1.165, 1.54) is 0 Å². The Hall–Kier alpha value is -1.86. The Morgan fingerprint density at radius 2 is 1.61 bits per heavy atom. The van der Waals surface area contributed by atoms with Crippen molar-refractivity contribution in [1.82, 2.24) is 0 Å². The summed E-state index contributed by atoms with van der Waals surface area (Å²) in [4.78, 5) is 11.7. The Morgan fingerprint density at radius 1 is 1.00 bits per heavy atom. The molecule has 18 heavy (non-hydrogen) atoms. The van der Waals surface area contributed by atoms with Crippen molar-refractivity contribution in [3.63, 3.8) is 0 Å². The first kappa shape index (κ1) is 12.6. The summed E-state index contributed by atoms with van der Waals surface area (Å²) >= 11 is 5.84. The SMILES string of the molecule is CC(=O)/C(=C/c1ccc(Cl)cc1)c1ccccc1. The lowest BCUT2D eigenvalue weighted by Gasteiger charge is -2.04. The third kappa shape index (κ3) is 3.08. The van der Waals surface area contributed by atoms with Gasteiger partial charge in [0.05, 0.1) is 0 Å². The maximum Gasteiger partial charge on any atom is 0.160 e. The molecule has 0 fully saturated rings. The molecule has 0 aliphatic rings. The summed E-state index contributed by atoms with van der Waals surface area (Å²) in [5.74, 6) is 0.0520. The lowest BCUT2D eigenvalue weighted by Crippen LogP contribution is -1.95. The first-order chi connectivity index (χ1) is 8.66. The molecule has 0 aliphatic heterocycles. The van der Waals surface area contributed by atoms with E-state index in [-0.39, 0.29) is 5.78 Å². The van der Waals surface area contributed by atoms with E-state index >= 15 is 0 Å². The van der Waals surface area contributed by atoms with Gasteiger partial charge in [0.25, 0.3) is 0 Å². The summed E-state index contributed by atoms with van der Waals surface area (Å²) in [6.07, 6.45) is 1.88. The van der Waals surface area contributed by atoms with Gasteiger partial charge in [0, 0.05) is 10.6 Å². The fourth-order valence-corrected chi connectivity index (χ4v) is 1.86. The minimum atomic E-state index is 0.0520. The molecule has 1 nitrogen and oxygen atoms in total. The lowest BCUT2D eigenvalue weighted by molar-refractivity contribution is -0.111. The van der Waals surface area contributed by atoms with Crippen molar-refractivity contribution >= 4 is 29.0 Å². The summed E-state index contributed by atoms with van der Waals surface area (Å²) in [5.41, 5.74) is 2.60. The van der Waals surface area contributed by atoms with Crippen LogP contribution in [-0.4, -0.2) is 5.78 Å². The zero-order valence-corrected chi connectivity index (χ0v) is 10.8. The molecule has 90 valence electrons. The molecule has 0 saturated carbocycles. The second-order valence-corrected chi connectivity index (χ2v) is 4.47. The highest BCUT2D eigenvalue weighted by atomic mass is 35.5. The molecule has 0 heterocycles. The monoisotopic (exact) mass is 256 g/mol. The van der Waals surface area contributed by atoms with Crippen LogP contribution in [0.1, 0.15) is 18.1 Å². The average Bonchev–Trinajstić information content (AvgIpc) is 2.38. The molecule has 0 unspecified atom stereocenters. The van der Waals surface area contributed by atoms with Crippen LogP contribution in [-0.2, 0) is 4.79 Å². The third-order valence-corrected chi connectivity index (χ3v) is 2.90. The van der Waals surface area contributed by atoms with Crippen LogP contribution in [0.4, 0.5) is 0 Å². The predicted molar refractivity (Wildman–Crippen MR) is 76.4 cm³/mol. The Morgan fingerprint density at radius 3 is 2.17 bits per heavy atom. The predicted octanol–water partition coefficient (Wildman–Crippen LogP) is 4.47. The van der Waals surface area contributed by atoms with Gasteiger partial charge in [-0.25, -0.2) is 0 Å². The van der Waals surface area contributed by atoms with Crippen LogP contribution in [0.25, 0.3) is 11.6 Å². The average molecular weight is 257 g/mol. The fourth-order valence-electron chi connectivity index (χ4n) is 1.73. The quantitative estimate of drug-likeness (QED) is 0.585. The van der Waals surface area contributed by atoms with Crippen LogP contribution in [0.2, 0.25) is 5.02 Å². The van der Waals surface area contributed by atoms with Crippen molar-refractivity contribution in [2.45, 2.75) is 6.92 Å². The molecule has 2 rings (SSSR count). The summed E-state index contributed by atoms with van der Waals surface area (Å²) in [6.45, 7) is 1.58. The highest BCUT2D eigenvalue weighted by Gasteiger charge is 2.06.